The van der Waals surface area contributed by atoms with Gasteiger partial charge >= 0.3 is 0 Å². The summed E-state index contributed by atoms with van der Waals surface area (Å²) in [5.74, 6) is 1.01. The highest BCUT2D eigenvalue weighted by molar-refractivity contribution is 5.55. The van der Waals surface area contributed by atoms with E-state index in [1.807, 2.05) is 12.3 Å². The molecule has 1 aromatic heterocycles. The molecule has 4 nitrogen and oxygen atoms in total. The molecule has 3 rings (SSSR count). The van der Waals surface area contributed by atoms with Gasteiger partial charge in [0.05, 0.1) is 17.9 Å². The quantitative estimate of drug-likeness (QED) is 0.938. The molecule has 0 radical (unpaired) electrons. The third-order valence-electron chi connectivity index (χ3n) is 4.45. The van der Waals surface area contributed by atoms with E-state index in [9.17, 15) is 0 Å². The maximum atomic E-state index is 6.07. The normalized spacial score (nSPS) is 17.8. The number of piperidine rings is 1. The molecule has 21 heavy (non-hydrogen) atoms. The van der Waals surface area contributed by atoms with E-state index in [1.54, 1.807) is 0 Å². The van der Waals surface area contributed by atoms with Gasteiger partial charge in [-0.2, -0.15) is 0 Å². The Morgan fingerprint density at radius 2 is 1.86 bits per heavy atom. The van der Waals surface area contributed by atoms with E-state index in [2.05, 4.69) is 45.8 Å². The van der Waals surface area contributed by atoms with Crippen LogP contribution >= 0.6 is 0 Å². The monoisotopic (exact) mass is 284 g/mol. The molecule has 0 spiro atoms. The Bertz CT molecular complexity index is 570. The zero-order valence-electron chi connectivity index (χ0n) is 12.7. The van der Waals surface area contributed by atoms with Crippen LogP contribution in [0.25, 0.3) is 11.4 Å². The van der Waals surface area contributed by atoms with Crippen molar-refractivity contribution in [1.82, 2.24) is 14.5 Å². The molecule has 1 atom stereocenters. The Morgan fingerprint density at radius 3 is 2.52 bits per heavy atom. The molecular formula is C17H24N4. The molecule has 1 aliphatic rings. The van der Waals surface area contributed by atoms with Crippen molar-refractivity contribution in [3.63, 3.8) is 0 Å². The van der Waals surface area contributed by atoms with Crippen LogP contribution in [0.3, 0.4) is 0 Å². The van der Waals surface area contributed by atoms with Crippen molar-refractivity contribution in [3.8, 4) is 11.4 Å². The van der Waals surface area contributed by atoms with Crippen LogP contribution in [0.4, 0.5) is 0 Å². The Hall–Kier alpha value is -1.65. The number of hydrogen-bond acceptors (Lipinski definition) is 3. The summed E-state index contributed by atoms with van der Waals surface area (Å²) in [5, 5.41) is 0. The first-order valence-electron chi connectivity index (χ1n) is 7.82. The fourth-order valence-corrected chi connectivity index (χ4v) is 3.27. The number of likely N-dealkylation sites (tertiary alicyclic amines) is 1. The Labute approximate surface area is 126 Å². The van der Waals surface area contributed by atoms with E-state index in [0.717, 1.165) is 24.5 Å². The predicted octanol–water partition coefficient (Wildman–Crippen LogP) is 2.57. The largest absolute Gasteiger partial charge is 0.330 e. The van der Waals surface area contributed by atoms with E-state index in [0.29, 0.717) is 6.54 Å². The average molecular weight is 284 g/mol. The van der Waals surface area contributed by atoms with Gasteiger partial charge in [-0.3, -0.25) is 4.90 Å². The number of nitrogens with zero attached hydrogens (tertiary/aromatic N) is 3. The van der Waals surface area contributed by atoms with Crippen LogP contribution in [0.5, 0.6) is 0 Å². The lowest BCUT2D eigenvalue weighted by Crippen LogP contribution is -2.38. The first-order valence-corrected chi connectivity index (χ1v) is 7.82. The first kappa shape index (κ1) is 14.3. The summed E-state index contributed by atoms with van der Waals surface area (Å²) in [6.45, 7) is 2.94. The van der Waals surface area contributed by atoms with E-state index >= 15 is 0 Å². The summed E-state index contributed by atoms with van der Waals surface area (Å²) < 4.78 is 2.20. The zero-order chi connectivity index (χ0) is 14.7. The lowest BCUT2D eigenvalue weighted by Gasteiger charge is -2.34. The summed E-state index contributed by atoms with van der Waals surface area (Å²) in [4.78, 5) is 7.14. The molecule has 1 unspecified atom stereocenters. The average Bonchev–Trinajstić information content (AvgIpc) is 2.92. The smallest absolute Gasteiger partial charge is 0.139 e. The summed E-state index contributed by atoms with van der Waals surface area (Å²) in [6, 6.07) is 10.6. The van der Waals surface area contributed by atoms with Gasteiger partial charge in [-0.15, -0.1) is 0 Å². The first-order chi connectivity index (χ1) is 10.3. The molecule has 112 valence electrons. The third-order valence-corrected chi connectivity index (χ3v) is 4.45. The summed E-state index contributed by atoms with van der Waals surface area (Å²) in [5.41, 5.74) is 8.44. The number of rotatable bonds is 4. The maximum Gasteiger partial charge on any atom is 0.139 e. The molecule has 0 aliphatic carbocycles. The van der Waals surface area contributed by atoms with Crippen molar-refractivity contribution in [2.24, 2.45) is 12.8 Å². The molecule has 2 N–H and O–H groups in total. The van der Waals surface area contributed by atoms with Crippen LogP contribution in [0, 0.1) is 0 Å². The van der Waals surface area contributed by atoms with E-state index in [-0.39, 0.29) is 6.04 Å². The van der Waals surface area contributed by atoms with E-state index in [1.165, 1.54) is 25.0 Å². The number of benzene rings is 1. The second-order valence-electron chi connectivity index (χ2n) is 5.78. The molecular weight excluding hydrogens is 260 g/mol. The van der Waals surface area contributed by atoms with Gasteiger partial charge < -0.3 is 10.3 Å². The highest BCUT2D eigenvalue weighted by atomic mass is 15.2. The molecule has 1 fully saturated rings. The van der Waals surface area contributed by atoms with E-state index in [4.69, 9.17) is 5.73 Å². The van der Waals surface area contributed by atoms with Crippen LogP contribution in [0.2, 0.25) is 0 Å². The lowest BCUT2D eigenvalue weighted by atomic mass is 10.1. The number of aromatic nitrogens is 2. The Kier molecular flexibility index (Phi) is 4.36. The van der Waals surface area contributed by atoms with Crippen LogP contribution in [-0.4, -0.2) is 34.1 Å². The van der Waals surface area contributed by atoms with Crippen molar-refractivity contribution in [1.29, 1.82) is 0 Å². The highest BCUT2D eigenvalue weighted by Crippen LogP contribution is 2.27. The number of nitrogens with two attached hydrogens (primary N) is 1. The second kappa shape index (κ2) is 6.41. The summed E-state index contributed by atoms with van der Waals surface area (Å²) >= 11 is 0. The Morgan fingerprint density at radius 1 is 1.14 bits per heavy atom. The van der Waals surface area contributed by atoms with Crippen LogP contribution in [0.15, 0.2) is 36.5 Å². The minimum absolute atomic E-state index is 0.278. The van der Waals surface area contributed by atoms with E-state index < -0.39 is 0 Å². The molecule has 0 amide bonds. The van der Waals surface area contributed by atoms with Gasteiger partial charge in [0, 0.05) is 19.2 Å². The minimum atomic E-state index is 0.278. The number of hydrogen-bond donors (Lipinski definition) is 1. The SMILES string of the molecule is Cn1c(C(CN)N2CCCCC2)cnc1-c1ccccc1. The molecule has 2 aromatic rings. The van der Waals surface area contributed by atoms with Gasteiger partial charge in [0.1, 0.15) is 5.82 Å². The summed E-state index contributed by atoms with van der Waals surface area (Å²) in [6.07, 6.45) is 5.89. The molecule has 1 aromatic carbocycles. The molecule has 1 saturated heterocycles. The molecule has 1 aliphatic heterocycles. The summed E-state index contributed by atoms with van der Waals surface area (Å²) in [7, 11) is 2.09. The zero-order valence-corrected chi connectivity index (χ0v) is 12.7. The second-order valence-corrected chi connectivity index (χ2v) is 5.78. The van der Waals surface area contributed by atoms with Gasteiger partial charge in [0.25, 0.3) is 0 Å². The van der Waals surface area contributed by atoms with Crippen LogP contribution in [-0.2, 0) is 7.05 Å². The van der Waals surface area contributed by atoms with Gasteiger partial charge in [-0.05, 0) is 25.9 Å². The molecule has 4 heteroatoms. The van der Waals surface area contributed by atoms with Gasteiger partial charge in [0.15, 0.2) is 0 Å². The third kappa shape index (κ3) is 2.87. The van der Waals surface area contributed by atoms with Crippen LogP contribution in [0.1, 0.15) is 31.0 Å². The van der Waals surface area contributed by atoms with Gasteiger partial charge in [-0.25, -0.2) is 4.98 Å². The molecule has 0 bridgehead atoms. The van der Waals surface area contributed by atoms with Gasteiger partial charge in [-0.1, -0.05) is 36.8 Å². The lowest BCUT2D eigenvalue weighted by molar-refractivity contribution is 0.162. The van der Waals surface area contributed by atoms with Crippen LogP contribution < -0.4 is 5.73 Å². The predicted molar refractivity (Wildman–Crippen MR) is 85.9 cm³/mol. The fraction of sp³-hybridized carbons (Fsp3) is 0.471. The van der Waals surface area contributed by atoms with Crippen molar-refractivity contribution in [3.05, 3.63) is 42.2 Å². The highest BCUT2D eigenvalue weighted by Gasteiger charge is 2.24. The van der Waals surface area contributed by atoms with Crippen molar-refractivity contribution in [2.75, 3.05) is 19.6 Å². The Balaban J connectivity index is 1.89. The van der Waals surface area contributed by atoms with Gasteiger partial charge in [0.2, 0.25) is 0 Å². The molecule has 0 saturated carbocycles. The standard InChI is InChI=1S/C17H24N4/c1-20-16(15(12-18)21-10-6-3-7-11-21)13-19-17(20)14-8-4-2-5-9-14/h2,4-5,8-9,13,15H,3,6-7,10-12,18H2,1H3. The minimum Gasteiger partial charge on any atom is -0.330 e. The van der Waals surface area contributed by atoms with Crippen molar-refractivity contribution in [2.45, 2.75) is 25.3 Å². The maximum absolute atomic E-state index is 6.07. The van der Waals surface area contributed by atoms with Crippen molar-refractivity contribution >= 4 is 0 Å². The fourth-order valence-electron chi connectivity index (χ4n) is 3.27. The van der Waals surface area contributed by atoms with Crippen molar-refractivity contribution < 1.29 is 0 Å². The topological polar surface area (TPSA) is 47.1 Å². The molecule has 2 heterocycles. The number of imidazole rings is 1.